The highest BCUT2D eigenvalue weighted by atomic mass is 19.1. The molecular weight excluding hydrogens is 611 g/mol. The van der Waals surface area contributed by atoms with Gasteiger partial charge in [-0.05, 0) is 109 Å². The Labute approximate surface area is 284 Å². The number of benzene rings is 2. The maximum absolute atomic E-state index is 13.5. The second-order valence-electron chi connectivity index (χ2n) is 14.4. The number of halogens is 1. The van der Waals surface area contributed by atoms with E-state index in [9.17, 15) is 14.0 Å². The number of hydrogen-bond donors (Lipinski definition) is 1. The van der Waals surface area contributed by atoms with Crippen LogP contribution in [0.1, 0.15) is 63.9 Å². The Balaban J connectivity index is 1.48. The van der Waals surface area contributed by atoms with Crippen LogP contribution in [0.2, 0.25) is 0 Å². The number of rotatable bonds is 12. The molecule has 3 aromatic rings. The quantitative estimate of drug-likeness (QED) is 0.207. The summed E-state index contributed by atoms with van der Waals surface area (Å²) >= 11 is 0. The summed E-state index contributed by atoms with van der Waals surface area (Å²) in [5.74, 6) is 0.225. The fourth-order valence-electron chi connectivity index (χ4n) is 5.59. The number of hydrogen-bond acceptors (Lipinski definition) is 7. The van der Waals surface area contributed by atoms with E-state index in [1.165, 1.54) is 6.07 Å². The lowest BCUT2D eigenvalue weighted by molar-refractivity contribution is 0.0186. The van der Waals surface area contributed by atoms with Crippen LogP contribution in [-0.2, 0) is 33.6 Å². The van der Waals surface area contributed by atoms with Crippen LogP contribution < -0.4 is 10.2 Å². The molecule has 0 saturated carbocycles. The molecular formula is C38H51FN4O5. The third-order valence-corrected chi connectivity index (χ3v) is 7.68. The highest BCUT2D eigenvalue weighted by Gasteiger charge is 2.38. The molecule has 2 amide bonds. The number of aromatic nitrogens is 1. The SMILES string of the molecule is Cc1cc(C[C@@H]2CN(C(=O)OC(C)(C)C)C[C@H]2OCCNCCc2cccc(F)c2)nc(N(Cc2ccccc2)C(=O)OC(C)(C)C)c1. The van der Waals surface area contributed by atoms with E-state index in [0.717, 1.165) is 22.4 Å². The molecule has 1 aliphatic rings. The summed E-state index contributed by atoms with van der Waals surface area (Å²) in [5.41, 5.74) is 2.35. The zero-order chi connectivity index (χ0) is 34.9. The number of nitrogens with one attached hydrogen (secondary N) is 1. The average molecular weight is 663 g/mol. The number of carbonyl (C=O) groups is 2. The number of anilines is 1. The predicted molar refractivity (Wildman–Crippen MR) is 186 cm³/mol. The van der Waals surface area contributed by atoms with Gasteiger partial charge in [0.2, 0.25) is 0 Å². The van der Waals surface area contributed by atoms with Crippen molar-refractivity contribution in [1.82, 2.24) is 15.2 Å². The molecule has 0 radical (unpaired) electrons. The highest BCUT2D eigenvalue weighted by molar-refractivity contribution is 5.86. The fraction of sp³-hybridized carbons (Fsp3) is 0.500. The Kier molecular flexibility index (Phi) is 12.6. The van der Waals surface area contributed by atoms with Crippen LogP contribution in [0.3, 0.4) is 0 Å². The molecule has 0 aliphatic carbocycles. The first-order valence-electron chi connectivity index (χ1n) is 16.7. The molecule has 0 spiro atoms. The van der Waals surface area contributed by atoms with Gasteiger partial charge in [-0.25, -0.2) is 19.0 Å². The molecule has 1 aliphatic heterocycles. The van der Waals surface area contributed by atoms with Crippen molar-refractivity contribution in [1.29, 1.82) is 0 Å². The van der Waals surface area contributed by atoms with Crippen molar-refractivity contribution in [2.45, 2.75) is 85.2 Å². The van der Waals surface area contributed by atoms with Gasteiger partial charge >= 0.3 is 12.2 Å². The van der Waals surface area contributed by atoms with Gasteiger partial charge in [0.15, 0.2) is 0 Å². The second-order valence-corrected chi connectivity index (χ2v) is 14.4. The van der Waals surface area contributed by atoms with Gasteiger partial charge in [-0.3, -0.25) is 4.90 Å². The molecule has 0 unspecified atom stereocenters. The predicted octanol–water partition coefficient (Wildman–Crippen LogP) is 7.10. The Morgan fingerprint density at radius 2 is 1.62 bits per heavy atom. The first-order valence-corrected chi connectivity index (χ1v) is 16.7. The van der Waals surface area contributed by atoms with Crippen molar-refractivity contribution in [2.24, 2.45) is 5.92 Å². The van der Waals surface area contributed by atoms with Crippen LogP contribution in [-0.4, -0.2) is 72.2 Å². The minimum absolute atomic E-state index is 0.0453. The van der Waals surface area contributed by atoms with Crippen LogP contribution in [0.4, 0.5) is 19.8 Å². The molecule has 0 bridgehead atoms. The van der Waals surface area contributed by atoms with Crippen molar-refractivity contribution >= 4 is 18.0 Å². The summed E-state index contributed by atoms with van der Waals surface area (Å²) < 4.78 is 31.3. The third kappa shape index (κ3) is 11.9. The van der Waals surface area contributed by atoms with Crippen LogP contribution in [0, 0.1) is 18.7 Å². The summed E-state index contributed by atoms with van der Waals surface area (Å²) in [6, 6.07) is 20.3. The van der Waals surface area contributed by atoms with E-state index in [4.69, 9.17) is 19.2 Å². The summed E-state index contributed by atoms with van der Waals surface area (Å²) in [7, 11) is 0. The van der Waals surface area contributed by atoms with Gasteiger partial charge in [0.1, 0.15) is 22.8 Å². The number of likely N-dealkylation sites (tertiary alicyclic amines) is 1. The Morgan fingerprint density at radius 1 is 0.917 bits per heavy atom. The molecule has 2 aromatic carbocycles. The summed E-state index contributed by atoms with van der Waals surface area (Å²) in [6.07, 6.45) is 0.170. The second kappa shape index (κ2) is 16.4. The maximum Gasteiger partial charge on any atom is 0.416 e. The van der Waals surface area contributed by atoms with Crippen LogP contribution in [0.25, 0.3) is 0 Å². The van der Waals surface area contributed by atoms with E-state index >= 15 is 0 Å². The lowest BCUT2D eigenvalue weighted by Gasteiger charge is -2.27. The molecule has 48 heavy (non-hydrogen) atoms. The summed E-state index contributed by atoms with van der Waals surface area (Å²) in [4.78, 5) is 34.8. The van der Waals surface area contributed by atoms with E-state index in [2.05, 4.69) is 5.32 Å². The third-order valence-electron chi connectivity index (χ3n) is 7.68. The number of nitrogens with zero attached hydrogens (tertiary/aromatic N) is 3. The maximum atomic E-state index is 13.5. The number of carbonyl (C=O) groups excluding carboxylic acids is 2. The van der Waals surface area contributed by atoms with E-state index in [1.807, 2.05) is 97.0 Å². The summed E-state index contributed by atoms with van der Waals surface area (Å²) in [5, 5.41) is 3.37. The largest absolute Gasteiger partial charge is 0.444 e. The van der Waals surface area contributed by atoms with Crippen molar-refractivity contribution in [3.05, 3.63) is 94.9 Å². The number of aryl methyl sites for hydroxylation is 1. The minimum atomic E-state index is -0.674. The van der Waals surface area contributed by atoms with Gasteiger partial charge in [0, 0.05) is 24.7 Å². The van der Waals surface area contributed by atoms with Gasteiger partial charge in [0.05, 0.1) is 25.8 Å². The fourth-order valence-corrected chi connectivity index (χ4v) is 5.59. The molecule has 1 aromatic heterocycles. The first kappa shape index (κ1) is 36.8. The molecule has 1 fully saturated rings. The lowest BCUT2D eigenvalue weighted by Crippen LogP contribution is -2.37. The van der Waals surface area contributed by atoms with Crippen LogP contribution >= 0.6 is 0 Å². The van der Waals surface area contributed by atoms with Crippen LogP contribution in [0.5, 0.6) is 0 Å². The topological polar surface area (TPSA) is 93.2 Å². The Morgan fingerprint density at radius 3 is 2.31 bits per heavy atom. The Hall–Kier alpha value is -4.02. The van der Waals surface area contributed by atoms with E-state index in [1.54, 1.807) is 21.9 Å². The standard InChI is InChI=1S/C38H51FN4O5/c1-27-20-32(41-34(21-27)43(36(45)48-38(5,6)7)24-29-12-9-8-10-13-29)23-30-25-42(35(44)47-37(2,3)4)26-33(30)46-19-18-40-17-16-28-14-11-15-31(39)22-28/h8-15,20-22,30,33,40H,16-19,23-26H2,1-7H3/t30-,33-/m1/s1. The van der Waals surface area contributed by atoms with Gasteiger partial charge in [-0.1, -0.05) is 42.5 Å². The van der Waals surface area contributed by atoms with Gasteiger partial charge in [0.25, 0.3) is 0 Å². The molecule has 1 N–H and O–H groups in total. The summed E-state index contributed by atoms with van der Waals surface area (Å²) in [6.45, 7) is 16.0. The minimum Gasteiger partial charge on any atom is -0.444 e. The van der Waals surface area contributed by atoms with E-state index in [0.29, 0.717) is 58.0 Å². The average Bonchev–Trinajstić information content (AvgIpc) is 3.38. The smallest absolute Gasteiger partial charge is 0.416 e. The highest BCUT2D eigenvalue weighted by Crippen LogP contribution is 2.28. The van der Waals surface area contributed by atoms with Crippen LogP contribution in [0.15, 0.2) is 66.7 Å². The molecule has 4 rings (SSSR count). The molecule has 10 heteroatoms. The Bertz CT molecular complexity index is 1500. The number of ether oxygens (including phenoxy) is 3. The van der Waals surface area contributed by atoms with Gasteiger partial charge in [-0.2, -0.15) is 0 Å². The van der Waals surface area contributed by atoms with Gasteiger partial charge in [-0.15, -0.1) is 0 Å². The molecule has 2 heterocycles. The number of amides is 2. The van der Waals surface area contributed by atoms with Crippen molar-refractivity contribution < 1.29 is 28.2 Å². The van der Waals surface area contributed by atoms with Crippen molar-refractivity contribution in [3.63, 3.8) is 0 Å². The van der Waals surface area contributed by atoms with Crippen molar-refractivity contribution in [3.8, 4) is 0 Å². The zero-order valence-electron chi connectivity index (χ0n) is 29.4. The molecule has 2 atom stereocenters. The molecule has 260 valence electrons. The first-order chi connectivity index (χ1) is 22.6. The molecule has 9 nitrogen and oxygen atoms in total. The van der Waals surface area contributed by atoms with Gasteiger partial charge < -0.3 is 24.4 Å². The van der Waals surface area contributed by atoms with E-state index < -0.39 is 17.3 Å². The zero-order valence-corrected chi connectivity index (χ0v) is 29.4. The lowest BCUT2D eigenvalue weighted by atomic mass is 9.98. The van der Waals surface area contributed by atoms with E-state index in [-0.39, 0.29) is 23.9 Å². The number of pyridine rings is 1. The molecule has 1 saturated heterocycles. The normalized spacial score (nSPS) is 16.5. The van der Waals surface area contributed by atoms with Crippen molar-refractivity contribution in [2.75, 3.05) is 37.7 Å². The monoisotopic (exact) mass is 662 g/mol.